The number of hydrogen-bond donors (Lipinski definition) is 1. The van der Waals surface area contributed by atoms with Crippen LogP contribution in [-0.4, -0.2) is 13.0 Å². The van der Waals surface area contributed by atoms with Crippen molar-refractivity contribution in [1.82, 2.24) is 0 Å². The lowest BCUT2D eigenvalue weighted by Crippen LogP contribution is -2.11. The smallest absolute Gasteiger partial charge is 0.255 e. The largest absolute Gasteiger partial charge is 0.497 e. The summed E-state index contributed by atoms with van der Waals surface area (Å²) >= 11 is 0. The van der Waals surface area contributed by atoms with Crippen LogP contribution >= 0.6 is 0 Å². The molecule has 1 atom stereocenters. The Labute approximate surface area is 124 Å². The van der Waals surface area contributed by atoms with Gasteiger partial charge in [-0.3, -0.25) is 4.79 Å². The van der Waals surface area contributed by atoms with E-state index in [4.69, 9.17) is 10.00 Å². The molecule has 0 spiro atoms. The van der Waals surface area contributed by atoms with Crippen molar-refractivity contribution in [2.45, 2.75) is 12.8 Å². The molecule has 106 valence electrons. The van der Waals surface area contributed by atoms with Crippen molar-refractivity contribution in [3.8, 4) is 11.8 Å². The van der Waals surface area contributed by atoms with Gasteiger partial charge < -0.3 is 10.1 Å². The fraction of sp³-hybridized carbons (Fsp3) is 0.176. The Balaban J connectivity index is 2.07. The summed E-state index contributed by atoms with van der Waals surface area (Å²) in [6, 6.07) is 16.4. The Morgan fingerprint density at radius 1 is 1.14 bits per heavy atom. The fourth-order valence-corrected chi connectivity index (χ4v) is 1.88. The number of nitriles is 1. The lowest BCUT2D eigenvalue weighted by atomic mass is 10.0. The summed E-state index contributed by atoms with van der Waals surface area (Å²) in [6.07, 6.45) is 0. The Bertz CT molecular complexity index is 655. The molecule has 21 heavy (non-hydrogen) atoms. The molecule has 0 saturated carbocycles. The SMILES string of the molecule is COc1ccc(NC(=O)c2ccc(C(C)C#N)cc2)cc1. The van der Waals surface area contributed by atoms with Gasteiger partial charge in [-0.05, 0) is 48.9 Å². The van der Waals surface area contributed by atoms with Crippen LogP contribution in [0, 0.1) is 11.3 Å². The van der Waals surface area contributed by atoms with E-state index >= 15 is 0 Å². The predicted octanol–water partition coefficient (Wildman–Crippen LogP) is 3.57. The third kappa shape index (κ3) is 3.61. The normalized spacial score (nSPS) is 11.3. The zero-order chi connectivity index (χ0) is 15.2. The van der Waals surface area contributed by atoms with Gasteiger partial charge in [0.15, 0.2) is 0 Å². The van der Waals surface area contributed by atoms with E-state index in [2.05, 4.69) is 11.4 Å². The molecule has 2 aromatic carbocycles. The maximum atomic E-state index is 12.1. The standard InChI is InChI=1S/C17H16N2O2/c1-12(11-18)13-3-5-14(6-4-13)17(20)19-15-7-9-16(21-2)10-8-15/h3-10,12H,1-2H3,(H,19,20). The molecule has 1 amide bonds. The molecule has 0 fully saturated rings. The highest BCUT2D eigenvalue weighted by atomic mass is 16.5. The van der Waals surface area contributed by atoms with Gasteiger partial charge in [0.25, 0.3) is 5.91 Å². The van der Waals surface area contributed by atoms with Crippen molar-refractivity contribution >= 4 is 11.6 Å². The maximum absolute atomic E-state index is 12.1. The number of carbonyl (C=O) groups excluding carboxylic acids is 1. The van der Waals surface area contributed by atoms with E-state index in [0.717, 1.165) is 11.3 Å². The number of anilines is 1. The molecule has 1 unspecified atom stereocenters. The van der Waals surface area contributed by atoms with Gasteiger partial charge in [-0.25, -0.2) is 0 Å². The van der Waals surface area contributed by atoms with Crippen LogP contribution in [0.25, 0.3) is 0 Å². The highest BCUT2D eigenvalue weighted by molar-refractivity contribution is 6.04. The second-order valence-corrected chi connectivity index (χ2v) is 4.66. The predicted molar refractivity (Wildman–Crippen MR) is 81.4 cm³/mol. The van der Waals surface area contributed by atoms with Crippen LogP contribution in [0.4, 0.5) is 5.69 Å². The summed E-state index contributed by atoms with van der Waals surface area (Å²) in [5.41, 5.74) is 2.16. The van der Waals surface area contributed by atoms with Gasteiger partial charge in [-0.1, -0.05) is 12.1 Å². The first-order chi connectivity index (χ1) is 10.1. The van der Waals surface area contributed by atoms with Crippen LogP contribution in [0.1, 0.15) is 28.8 Å². The molecule has 0 radical (unpaired) electrons. The van der Waals surface area contributed by atoms with E-state index in [0.29, 0.717) is 11.3 Å². The Hall–Kier alpha value is -2.80. The number of rotatable bonds is 4. The number of benzene rings is 2. The summed E-state index contributed by atoms with van der Waals surface area (Å²) in [4.78, 5) is 12.1. The van der Waals surface area contributed by atoms with Gasteiger partial charge in [-0.2, -0.15) is 5.26 Å². The highest BCUT2D eigenvalue weighted by Gasteiger charge is 2.08. The second kappa shape index (κ2) is 6.58. The average molecular weight is 280 g/mol. The minimum Gasteiger partial charge on any atom is -0.497 e. The monoisotopic (exact) mass is 280 g/mol. The van der Waals surface area contributed by atoms with E-state index in [1.165, 1.54) is 0 Å². The third-order valence-corrected chi connectivity index (χ3v) is 3.21. The van der Waals surface area contributed by atoms with Crippen LogP contribution in [-0.2, 0) is 0 Å². The molecule has 1 N–H and O–H groups in total. The lowest BCUT2D eigenvalue weighted by Gasteiger charge is -2.08. The highest BCUT2D eigenvalue weighted by Crippen LogP contribution is 2.18. The number of hydrogen-bond acceptors (Lipinski definition) is 3. The topological polar surface area (TPSA) is 62.1 Å². The van der Waals surface area contributed by atoms with Crippen molar-refractivity contribution in [2.24, 2.45) is 0 Å². The van der Waals surface area contributed by atoms with E-state index < -0.39 is 0 Å². The molecule has 2 rings (SSSR count). The number of nitrogens with zero attached hydrogens (tertiary/aromatic N) is 1. The summed E-state index contributed by atoms with van der Waals surface area (Å²) in [5.74, 6) is 0.378. The zero-order valence-corrected chi connectivity index (χ0v) is 12.0. The molecule has 0 aliphatic rings. The van der Waals surface area contributed by atoms with Crippen LogP contribution in [0.5, 0.6) is 5.75 Å². The molecular weight excluding hydrogens is 264 g/mol. The molecule has 0 saturated heterocycles. The van der Waals surface area contributed by atoms with E-state index in [1.54, 1.807) is 55.6 Å². The van der Waals surface area contributed by atoms with Crippen molar-refractivity contribution in [1.29, 1.82) is 5.26 Å². The van der Waals surface area contributed by atoms with E-state index in [-0.39, 0.29) is 11.8 Å². The minimum atomic E-state index is -0.184. The summed E-state index contributed by atoms with van der Waals surface area (Å²) in [5, 5.41) is 11.7. The molecule has 2 aromatic rings. The lowest BCUT2D eigenvalue weighted by molar-refractivity contribution is 0.102. The fourth-order valence-electron chi connectivity index (χ4n) is 1.88. The minimum absolute atomic E-state index is 0.177. The molecule has 0 aliphatic carbocycles. The molecule has 4 nitrogen and oxygen atoms in total. The molecule has 0 aliphatic heterocycles. The van der Waals surface area contributed by atoms with Gasteiger partial charge in [0.05, 0.1) is 19.1 Å². The van der Waals surface area contributed by atoms with Gasteiger partial charge >= 0.3 is 0 Å². The number of amides is 1. The number of methoxy groups -OCH3 is 1. The number of ether oxygens (including phenoxy) is 1. The zero-order valence-electron chi connectivity index (χ0n) is 12.0. The quantitative estimate of drug-likeness (QED) is 0.931. The van der Waals surface area contributed by atoms with Crippen LogP contribution < -0.4 is 10.1 Å². The van der Waals surface area contributed by atoms with Crippen LogP contribution in [0.3, 0.4) is 0 Å². The van der Waals surface area contributed by atoms with Crippen molar-refractivity contribution in [3.05, 3.63) is 59.7 Å². The number of carbonyl (C=O) groups is 1. The van der Waals surface area contributed by atoms with Gasteiger partial charge in [-0.15, -0.1) is 0 Å². The first kappa shape index (κ1) is 14.6. The van der Waals surface area contributed by atoms with Crippen molar-refractivity contribution in [2.75, 3.05) is 12.4 Å². The van der Waals surface area contributed by atoms with Crippen LogP contribution in [0.15, 0.2) is 48.5 Å². The van der Waals surface area contributed by atoms with Crippen LogP contribution in [0.2, 0.25) is 0 Å². The summed E-state index contributed by atoms with van der Waals surface area (Å²) in [6.45, 7) is 1.83. The van der Waals surface area contributed by atoms with E-state index in [9.17, 15) is 4.79 Å². The summed E-state index contributed by atoms with van der Waals surface area (Å²) in [7, 11) is 1.59. The number of nitrogens with one attached hydrogen (secondary N) is 1. The second-order valence-electron chi connectivity index (χ2n) is 4.66. The summed E-state index contributed by atoms with van der Waals surface area (Å²) < 4.78 is 5.07. The Kier molecular flexibility index (Phi) is 4.57. The first-order valence-electron chi connectivity index (χ1n) is 6.59. The molecule has 0 heterocycles. The third-order valence-electron chi connectivity index (χ3n) is 3.21. The van der Waals surface area contributed by atoms with Crippen molar-refractivity contribution in [3.63, 3.8) is 0 Å². The molecule has 0 bridgehead atoms. The molecule has 4 heteroatoms. The Morgan fingerprint density at radius 2 is 1.76 bits per heavy atom. The molecule has 0 aromatic heterocycles. The molecular formula is C17H16N2O2. The van der Waals surface area contributed by atoms with Gasteiger partial charge in [0.1, 0.15) is 5.75 Å². The van der Waals surface area contributed by atoms with E-state index in [1.807, 2.05) is 6.92 Å². The van der Waals surface area contributed by atoms with Gasteiger partial charge in [0, 0.05) is 11.3 Å². The maximum Gasteiger partial charge on any atom is 0.255 e. The average Bonchev–Trinajstić information content (AvgIpc) is 2.55. The first-order valence-corrected chi connectivity index (χ1v) is 6.59. The van der Waals surface area contributed by atoms with Gasteiger partial charge in [0.2, 0.25) is 0 Å². The Morgan fingerprint density at radius 3 is 2.29 bits per heavy atom. The van der Waals surface area contributed by atoms with Crippen molar-refractivity contribution < 1.29 is 9.53 Å².